The highest BCUT2D eigenvalue weighted by molar-refractivity contribution is 5.28. The van der Waals surface area contributed by atoms with E-state index in [0.717, 1.165) is 24.3 Å². The van der Waals surface area contributed by atoms with Gasteiger partial charge in [0.25, 0.3) is 0 Å². The zero-order chi connectivity index (χ0) is 13.8. The lowest BCUT2D eigenvalue weighted by Gasteiger charge is -2.35. The van der Waals surface area contributed by atoms with E-state index in [1.165, 1.54) is 24.8 Å². The highest BCUT2D eigenvalue weighted by Gasteiger charge is 2.29. The molecule has 0 aromatic heterocycles. The minimum absolute atomic E-state index is 0.632. The lowest BCUT2D eigenvalue weighted by atomic mass is 9.71. The number of hydrogen-bond acceptors (Lipinski definition) is 1. The van der Waals surface area contributed by atoms with Crippen LogP contribution in [0.4, 0.5) is 0 Å². The van der Waals surface area contributed by atoms with Gasteiger partial charge in [-0.05, 0) is 61.2 Å². The largest absolute Gasteiger partial charge is 0.319 e. The minimum Gasteiger partial charge on any atom is -0.319 e. The van der Waals surface area contributed by atoms with Crippen LogP contribution < -0.4 is 5.32 Å². The van der Waals surface area contributed by atoms with E-state index >= 15 is 0 Å². The van der Waals surface area contributed by atoms with Crippen LogP contribution in [0, 0.1) is 11.8 Å². The maximum absolute atomic E-state index is 3.38. The van der Waals surface area contributed by atoms with E-state index in [9.17, 15) is 0 Å². The molecule has 0 radical (unpaired) electrons. The Hall–Kier alpha value is -0.820. The third-order valence-corrected chi connectivity index (χ3v) is 4.75. The van der Waals surface area contributed by atoms with Gasteiger partial charge in [0.2, 0.25) is 0 Å². The number of rotatable bonds is 4. The van der Waals surface area contributed by atoms with Crippen LogP contribution in [0.5, 0.6) is 0 Å². The quantitative estimate of drug-likeness (QED) is 0.836. The average Bonchev–Trinajstić information content (AvgIpc) is 2.41. The average molecular weight is 259 g/mol. The molecule has 0 saturated heterocycles. The third kappa shape index (κ3) is 3.60. The van der Waals surface area contributed by atoms with E-state index in [0.29, 0.717) is 5.92 Å². The molecule has 0 spiro atoms. The summed E-state index contributed by atoms with van der Waals surface area (Å²) in [6, 6.07) is 9.41. The Balaban J connectivity index is 2.16. The van der Waals surface area contributed by atoms with E-state index in [2.05, 4.69) is 57.4 Å². The molecule has 1 aliphatic rings. The van der Waals surface area contributed by atoms with Gasteiger partial charge in [-0.2, -0.15) is 0 Å². The Morgan fingerprint density at radius 1 is 1.16 bits per heavy atom. The van der Waals surface area contributed by atoms with Gasteiger partial charge in [0.1, 0.15) is 0 Å². The summed E-state index contributed by atoms with van der Waals surface area (Å²) in [5.41, 5.74) is 3.01. The van der Waals surface area contributed by atoms with Gasteiger partial charge >= 0.3 is 0 Å². The fourth-order valence-corrected chi connectivity index (χ4v) is 3.49. The Morgan fingerprint density at radius 3 is 2.42 bits per heavy atom. The molecule has 19 heavy (non-hydrogen) atoms. The molecule has 1 heteroatoms. The summed E-state index contributed by atoms with van der Waals surface area (Å²) < 4.78 is 0. The van der Waals surface area contributed by atoms with Crippen LogP contribution in [0.25, 0.3) is 0 Å². The Bertz CT molecular complexity index is 379. The summed E-state index contributed by atoms with van der Waals surface area (Å²) in [5.74, 6) is 3.07. The third-order valence-electron chi connectivity index (χ3n) is 4.75. The number of nitrogens with one attached hydrogen (secondary N) is 1. The lowest BCUT2D eigenvalue weighted by molar-refractivity contribution is 0.245. The molecule has 1 aliphatic carbocycles. The molecule has 1 nitrogen and oxygen atoms in total. The summed E-state index contributed by atoms with van der Waals surface area (Å²) in [6.45, 7) is 8.09. The monoisotopic (exact) mass is 259 g/mol. The van der Waals surface area contributed by atoms with Gasteiger partial charge in [0, 0.05) is 0 Å². The molecule has 3 unspecified atom stereocenters. The summed E-state index contributed by atoms with van der Waals surface area (Å²) in [5, 5.41) is 3.38. The molecule has 106 valence electrons. The number of hydrogen-bond donors (Lipinski definition) is 1. The molecule has 1 aromatic carbocycles. The zero-order valence-electron chi connectivity index (χ0n) is 12.9. The first-order chi connectivity index (χ1) is 9.11. The molecule has 1 saturated carbocycles. The molecule has 1 fully saturated rings. The summed E-state index contributed by atoms with van der Waals surface area (Å²) >= 11 is 0. The van der Waals surface area contributed by atoms with Crippen molar-refractivity contribution in [2.24, 2.45) is 11.8 Å². The highest BCUT2D eigenvalue weighted by Crippen LogP contribution is 2.40. The van der Waals surface area contributed by atoms with Crippen molar-refractivity contribution < 1.29 is 0 Å². The SMILES string of the molecule is CNCC1CCC(C)CC1c1ccc(C(C)C)cc1. The van der Waals surface area contributed by atoms with Gasteiger partial charge in [-0.3, -0.25) is 0 Å². The second-order valence-electron chi connectivity index (χ2n) is 6.66. The Labute approximate surface area is 118 Å². The molecule has 0 amide bonds. The molecular formula is C18H29N. The smallest absolute Gasteiger partial charge is 0.00177 e. The normalized spacial score (nSPS) is 27.7. The van der Waals surface area contributed by atoms with Crippen LogP contribution in [0.3, 0.4) is 0 Å². The Morgan fingerprint density at radius 2 is 1.84 bits per heavy atom. The van der Waals surface area contributed by atoms with Crippen molar-refractivity contribution in [2.45, 2.75) is 51.9 Å². The molecule has 2 rings (SSSR count). The van der Waals surface area contributed by atoms with Gasteiger partial charge in [-0.1, -0.05) is 51.5 Å². The fourth-order valence-electron chi connectivity index (χ4n) is 3.49. The Kier molecular flexibility index (Phi) is 5.04. The van der Waals surface area contributed by atoms with Gasteiger partial charge in [0.15, 0.2) is 0 Å². The topological polar surface area (TPSA) is 12.0 Å². The summed E-state index contributed by atoms with van der Waals surface area (Å²) in [6.07, 6.45) is 4.12. The van der Waals surface area contributed by atoms with E-state index in [4.69, 9.17) is 0 Å². The first kappa shape index (κ1) is 14.6. The van der Waals surface area contributed by atoms with Gasteiger partial charge in [-0.15, -0.1) is 0 Å². The van der Waals surface area contributed by atoms with Gasteiger partial charge in [0.05, 0.1) is 0 Å². The predicted molar refractivity (Wildman–Crippen MR) is 83.7 cm³/mol. The van der Waals surface area contributed by atoms with Gasteiger partial charge < -0.3 is 5.32 Å². The maximum Gasteiger partial charge on any atom is -0.00177 e. The van der Waals surface area contributed by atoms with Crippen molar-refractivity contribution in [1.29, 1.82) is 0 Å². The highest BCUT2D eigenvalue weighted by atomic mass is 14.8. The van der Waals surface area contributed by atoms with Crippen LogP contribution in [0.2, 0.25) is 0 Å². The minimum atomic E-state index is 0.632. The molecular weight excluding hydrogens is 230 g/mol. The fraction of sp³-hybridized carbons (Fsp3) is 0.667. The standard InChI is InChI=1S/C18H29N/c1-13(2)15-7-9-16(10-8-15)18-11-14(3)5-6-17(18)12-19-4/h7-10,13-14,17-19H,5-6,11-12H2,1-4H3. The van der Waals surface area contributed by atoms with Crippen molar-refractivity contribution in [3.05, 3.63) is 35.4 Å². The molecule has 1 N–H and O–H groups in total. The van der Waals surface area contributed by atoms with Crippen LogP contribution in [-0.4, -0.2) is 13.6 Å². The second-order valence-corrected chi connectivity index (χ2v) is 6.66. The molecule has 0 heterocycles. The summed E-state index contributed by atoms with van der Waals surface area (Å²) in [4.78, 5) is 0. The van der Waals surface area contributed by atoms with E-state index < -0.39 is 0 Å². The van der Waals surface area contributed by atoms with Crippen molar-refractivity contribution in [1.82, 2.24) is 5.32 Å². The molecule has 3 atom stereocenters. The van der Waals surface area contributed by atoms with Gasteiger partial charge in [-0.25, -0.2) is 0 Å². The van der Waals surface area contributed by atoms with E-state index in [1.54, 1.807) is 5.56 Å². The van der Waals surface area contributed by atoms with Crippen molar-refractivity contribution in [2.75, 3.05) is 13.6 Å². The van der Waals surface area contributed by atoms with Crippen molar-refractivity contribution in [3.8, 4) is 0 Å². The maximum atomic E-state index is 3.38. The molecule has 0 aliphatic heterocycles. The van der Waals surface area contributed by atoms with Crippen LogP contribution in [0.15, 0.2) is 24.3 Å². The predicted octanol–water partition coefficient (Wildman–Crippen LogP) is 4.55. The summed E-state index contributed by atoms with van der Waals surface area (Å²) in [7, 11) is 2.08. The van der Waals surface area contributed by atoms with Crippen LogP contribution in [-0.2, 0) is 0 Å². The number of benzene rings is 1. The first-order valence-electron chi connectivity index (χ1n) is 7.86. The van der Waals surface area contributed by atoms with Crippen molar-refractivity contribution in [3.63, 3.8) is 0 Å². The molecule has 0 bridgehead atoms. The first-order valence-corrected chi connectivity index (χ1v) is 7.86. The molecule has 1 aromatic rings. The second kappa shape index (κ2) is 6.56. The van der Waals surface area contributed by atoms with E-state index in [-0.39, 0.29) is 0 Å². The zero-order valence-corrected chi connectivity index (χ0v) is 12.9. The van der Waals surface area contributed by atoms with Crippen LogP contribution >= 0.6 is 0 Å². The van der Waals surface area contributed by atoms with Crippen molar-refractivity contribution >= 4 is 0 Å². The van der Waals surface area contributed by atoms with E-state index in [1.807, 2.05) is 0 Å². The lowest BCUT2D eigenvalue weighted by Crippen LogP contribution is -2.29. The van der Waals surface area contributed by atoms with Crippen LogP contribution in [0.1, 0.15) is 63.0 Å².